The van der Waals surface area contributed by atoms with Gasteiger partial charge in [-0.25, -0.2) is 10.9 Å². The Morgan fingerprint density at radius 2 is 1.42 bits per heavy atom. The van der Waals surface area contributed by atoms with Crippen LogP contribution in [0.1, 0.15) is 5.56 Å². The Bertz CT molecular complexity index is 462. The van der Waals surface area contributed by atoms with Crippen LogP contribution in [0.4, 0.5) is 13.2 Å². The number of hydrogen-bond donors (Lipinski definition) is 2. The molecule has 1 aliphatic rings. The number of rotatable bonds is 4. The van der Waals surface area contributed by atoms with Gasteiger partial charge in [0.1, 0.15) is 0 Å². The predicted molar refractivity (Wildman–Crippen MR) is 60.1 cm³/mol. The fourth-order valence-corrected chi connectivity index (χ4v) is 1.81. The highest BCUT2D eigenvalue weighted by Crippen LogP contribution is 2.47. The third-order valence-electron chi connectivity index (χ3n) is 2.90. The zero-order chi connectivity index (χ0) is 14.3. The van der Waals surface area contributed by atoms with Crippen molar-refractivity contribution in [2.75, 3.05) is 21.3 Å². The van der Waals surface area contributed by atoms with E-state index in [0.717, 1.165) is 0 Å². The van der Waals surface area contributed by atoms with Gasteiger partial charge in [0.05, 0.1) is 21.3 Å². The molecule has 0 atom stereocenters. The molecule has 2 rings (SSSR count). The number of halogens is 3. The smallest absolute Gasteiger partial charge is 0.426 e. The Labute approximate surface area is 107 Å². The number of hydrogen-bond acceptors (Lipinski definition) is 5. The zero-order valence-corrected chi connectivity index (χ0v) is 10.5. The molecule has 106 valence electrons. The molecular formula is C11H13F3N2O3. The van der Waals surface area contributed by atoms with Crippen LogP contribution in [0, 0.1) is 0 Å². The predicted octanol–water partition coefficient (Wildman–Crippen LogP) is 1.54. The third-order valence-corrected chi connectivity index (χ3v) is 2.90. The van der Waals surface area contributed by atoms with Crippen molar-refractivity contribution in [1.29, 1.82) is 0 Å². The van der Waals surface area contributed by atoms with E-state index in [1.54, 1.807) is 0 Å². The highest BCUT2D eigenvalue weighted by atomic mass is 19.4. The molecular weight excluding hydrogens is 265 g/mol. The van der Waals surface area contributed by atoms with Crippen molar-refractivity contribution in [2.45, 2.75) is 11.8 Å². The monoisotopic (exact) mass is 278 g/mol. The van der Waals surface area contributed by atoms with Crippen LogP contribution in [0.3, 0.4) is 0 Å². The van der Waals surface area contributed by atoms with Gasteiger partial charge in [-0.05, 0) is 12.1 Å². The maximum atomic E-state index is 13.0. The fraction of sp³-hybridized carbons (Fsp3) is 0.455. The maximum Gasteiger partial charge on any atom is 0.426 e. The molecule has 0 aromatic heterocycles. The van der Waals surface area contributed by atoms with Crippen LogP contribution in [0.25, 0.3) is 0 Å². The Balaban J connectivity index is 2.55. The number of nitrogens with one attached hydrogen (secondary N) is 2. The summed E-state index contributed by atoms with van der Waals surface area (Å²) in [5.41, 5.74) is 1.91. The number of ether oxygens (including phenoxy) is 3. The molecule has 8 heteroatoms. The maximum absolute atomic E-state index is 13.0. The first kappa shape index (κ1) is 13.8. The minimum absolute atomic E-state index is 0.0606. The van der Waals surface area contributed by atoms with E-state index >= 15 is 0 Å². The van der Waals surface area contributed by atoms with Crippen LogP contribution in [-0.4, -0.2) is 27.5 Å². The first-order valence-corrected chi connectivity index (χ1v) is 5.31. The van der Waals surface area contributed by atoms with Gasteiger partial charge in [0.2, 0.25) is 11.4 Å². The number of alkyl halides is 3. The van der Waals surface area contributed by atoms with Gasteiger partial charge in [-0.2, -0.15) is 13.2 Å². The van der Waals surface area contributed by atoms with Crippen molar-refractivity contribution in [3.8, 4) is 17.2 Å². The lowest BCUT2D eigenvalue weighted by Crippen LogP contribution is -2.34. The molecule has 2 N–H and O–H groups in total. The summed E-state index contributed by atoms with van der Waals surface area (Å²) in [6.07, 6.45) is -4.49. The summed E-state index contributed by atoms with van der Waals surface area (Å²) in [5.74, 6) is 0.568. The van der Waals surface area contributed by atoms with Crippen molar-refractivity contribution in [1.82, 2.24) is 10.9 Å². The number of methoxy groups -OCH3 is 3. The second kappa shape index (κ2) is 4.46. The van der Waals surface area contributed by atoms with E-state index in [0.29, 0.717) is 0 Å². The first-order valence-electron chi connectivity index (χ1n) is 5.31. The van der Waals surface area contributed by atoms with Gasteiger partial charge in [-0.15, -0.1) is 0 Å². The van der Waals surface area contributed by atoms with E-state index in [4.69, 9.17) is 14.2 Å². The molecule has 1 aliphatic heterocycles. The molecule has 19 heavy (non-hydrogen) atoms. The van der Waals surface area contributed by atoms with Crippen molar-refractivity contribution in [2.24, 2.45) is 0 Å². The normalized spacial score (nSPS) is 16.9. The Kier molecular flexibility index (Phi) is 3.23. The van der Waals surface area contributed by atoms with Crippen molar-refractivity contribution >= 4 is 0 Å². The van der Waals surface area contributed by atoms with E-state index in [9.17, 15) is 13.2 Å². The van der Waals surface area contributed by atoms with E-state index in [2.05, 4.69) is 10.9 Å². The summed E-state index contributed by atoms with van der Waals surface area (Å²) in [7, 11) is 4.07. The molecule has 1 fully saturated rings. The summed E-state index contributed by atoms with van der Waals surface area (Å²) in [4.78, 5) is 0. The van der Waals surface area contributed by atoms with Crippen molar-refractivity contribution in [3.63, 3.8) is 0 Å². The van der Waals surface area contributed by atoms with Crippen LogP contribution in [0.5, 0.6) is 17.2 Å². The summed E-state index contributed by atoms with van der Waals surface area (Å²) in [6, 6.07) is 2.50. The fourth-order valence-electron chi connectivity index (χ4n) is 1.81. The highest BCUT2D eigenvalue weighted by Gasteiger charge is 2.65. The summed E-state index contributed by atoms with van der Waals surface area (Å²) in [6.45, 7) is 0. The molecule has 0 saturated carbocycles. The topological polar surface area (TPSA) is 71.6 Å². The number of hydrazine groups is 1. The van der Waals surface area contributed by atoms with Crippen molar-refractivity contribution < 1.29 is 27.4 Å². The first-order chi connectivity index (χ1) is 8.89. The van der Waals surface area contributed by atoms with Crippen LogP contribution in [0.15, 0.2) is 12.1 Å². The van der Waals surface area contributed by atoms with E-state index in [-0.39, 0.29) is 22.8 Å². The van der Waals surface area contributed by atoms with Crippen LogP contribution in [-0.2, 0) is 5.66 Å². The summed E-state index contributed by atoms with van der Waals surface area (Å²) >= 11 is 0. The van der Waals surface area contributed by atoms with Gasteiger partial charge >= 0.3 is 6.18 Å². The van der Waals surface area contributed by atoms with Gasteiger partial charge in [0.25, 0.3) is 0 Å². The van der Waals surface area contributed by atoms with Crippen LogP contribution < -0.4 is 25.1 Å². The van der Waals surface area contributed by atoms with Crippen LogP contribution in [0.2, 0.25) is 0 Å². The van der Waals surface area contributed by atoms with Crippen LogP contribution >= 0.6 is 0 Å². The molecule has 0 bridgehead atoms. The largest absolute Gasteiger partial charge is 0.493 e. The van der Waals surface area contributed by atoms with Gasteiger partial charge in [-0.3, -0.25) is 0 Å². The summed E-state index contributed by atoms with van der Waals surface area (Å²) in [5, 5.41) is 0. The lowest BCUT2D eigenvalue weighted by Gasteiger charge is -2.19. The number of benzene rings is 1. The Morgan fingerprint density at radius 1 is 0.947 bits per heavy atom. The lowest BCUT2D eigenvalue weighted by atomic mass is 10.0. The molecule has 1 heterocycles. The Hall–Kier alpha value is -1.67. The van der Waals surface area contributed by atoms with Gasteiger partial charge in [0, 0.05) is 5.56 Å². The van der Waals surface area contributed by atoms with Gasteiger partial charge in [-0.1, -0.05) is 0 Å². The van der Waals surface area contributed by atoms with Gasteiger partial charge < -0.3 is 14.2 Å². The second-order valence-corrected chi connectivity index (χ2v) is 3.91. The summed E-state index contributed by atoms with van der Waals surface area (Å²) < 4.78 is 54.1. The Morgan fingerprint density at radius 3 is 1.68 bits per heavy atom. The molecule has 0 amide bonds. The van der Waals surface area contributed by atoms with E-state index in [1.807, 2.05) is 0 Å². The molecule has 0 radical (unpaired) electrons. The minimum atomic E-state index is -4.49. The van der Waals surface area contributed by atoms with Crippen molar-refractivity contribution in [3.05, 3.63) is 17.7 Å². The molecule has 1 aromatic carbocycles. The molecule has 5 nitrogen and oxygen atoms in total. The lowest BCUT2D eigenvalue weighted by molar-refractivity contribution is -0.165. The average molecular weight is 278 g/mol. The molecule has 1 aromatic rings. The molecule has 1 saturated heterocycles. The van der Waals surface area contributed by atoms with Gasteiger partial charge in [0.15, 0.2) is 11.5 Å². The average Bonchev–Trinajstić information content (AvgIpc) is 3.17. The quantitative estimate of drug-likeness (QED) is 0.817. The zero-order valence-electron chi connectivity index (χ0n) is 10.5. The third kappa shape index (κ3) is 2.06. The van der Waals surface area contributed by atoms with E-state index in [1.165, 1.54) is 33.5 Å². The minimum Gasteiger partial charge on any atom is -0.493 e. The molecule has 0 unspecified atom stereocenters. The highest BCUT2D eigenvalue weighted by molar-refractivity contribution is 5.56. The standard InChI is InChI=1S/C11H13F3N2O3/c1-17-7-4-6(5-8(18-2)9(7)19-3)10(15-16-10)11(12,13)14/h4-5,15-16H,1-3H3. The van der Waals surface area contributed by atoms with E-state index < -0.39 is 11.8 Å². The molecule has 0 spiro atoms. The molecule has 0 aliphatic carbocycles. The SMILES string of the molecule is COc1cc(C2(C(F)(F)F)NN2)cc(OC)c1OC. The second-order valence-electron chi connectivity index (χ2n) is 3.91.